The molecule has 3 aromatic carbocycles. The molecule has 6 rings (SSSR count). The molecule has 0 radical (unpaired) electrons. The molecule has 0 spiro atoms. The van der Waals surface area contributed by atoms with Crippen molar-refractivity contribution < 1.29 is 93.9 Å². The first-order chi connectivity index (χ1) is 28.1. The molecule has 10 N–H and O–H groups in total. The van der Waals surface area contributed by atoms with Crippen molar-refractivity contribution in [3.8, 4) is 23.0 Å². The van der Waals surface area contributed by atoms with E-state index in [2.05, 4.69) is 0 Å². The number of esters is 2. The normalized spacial score (nSPS) is 31.4. The van der Waals surface area contributed by atoms with Crippen LogP contribution in [0.15, 0.2) is 84.5 Å². The monoisotopic (exact) mass is 826 g/mol. The second-order valence-corrected chi connectivity index (χ2v) is 13.9. The molecule has 2 heterocycles. The average molecular weight is 827 g/mol. The lowest BCUT2D eigenvalue weighted by molar-refractivity contribution is -0.277. The Morgan fingerprint density at radius 3 is 2.00 bits per heavy atom. The number of ether oxygens (including phenoxy) is 6. The molecule has 3 aromatic rings. The number of ketones is 1. The molecular weight excluding hydrogens is 784 g/mol. The third-order valence-electron chi connectivity index (χ3n) is 9.76. The maximum Gasteiger partial charge on any atom is 0.350 e. The maximum atomic E-state index is 13.7. The number of hydrogen-bond donors (Lipinski definition) is 10. The smallest absolute Gasteiger partial charge is 0.350 e. The number of carbonyl (C=O) groups excluding carboxylic acids is 3. The predicted molar refractivity (Wildman–Crippen MR) is 196 cm³/mol. The van der Waals surface area contributed by atoms with Gasteiger partial charge in [-0.25, -0.2) is 9.59 Å². The molecule has 0 aromatic heterocycles. The lowest BCUT2D eigenvalue weighted by atomic mass is 9.85. The number of phenolic OH excluding ortho intramolecular Hbond substituents is 2. The molecule has 19 heteroatoms. The van der Waals surface area contributed by atoms with E-state index in [1.165, 1.54) is 48.6 Å². The number of phenols is 2. The summed E-state index contributed by atoms with van der Waals surface area (Å²) in [6.07, 6.45) is -13.3. The molecule has 0 saturated carbocycles. The first kappa shape index (κ1) is 43.1. The standard InChI is InChI=1S/C40H42O19/c41-16-27-29(44)31(46)33(48)37(58-27)56-25-10-8-23(42)14-21(25)13-20-7-4-12-40(53,35(20)50)39(52)55-17-22-15-24(43)9-11-26(22)57-38-34(49)32(47)30(45)28(59-38)18-54-36(51)19-5-2-1-3-6-19/h1-6,8-15,27-34,37-38,41-49,53H,7,16-18H2/b20-13+/t27-,28-,29-,30-,31+,32+,33-,34-,37-,38-,40+/m1/s1. The fraction of sp³-hybridized carbons (Fsp3) is 0.375. The molecule has 11 atom stereocenters. The third-order valence-corrected chi connectivity index (χ3v) is 9.76. The van der Waals surface area contributed by atoms with Crippen molar-refractivity contribution >= 4 is 23.8 Å². The van der Waals surface area contributed by atoms with Gasteiger partial charge in [0.05, 0.1) is 12.2 Å². The highest BCUT2D eigenvalue weighted by Gasteiger charge is 2.48. The summed E-state index contributed by atoms with van der Waals surface area (Å²) in [5.74, 6) is -4.25. The van der Waals surface area contributed by atoms with E-state index >= 15 is 0 Å². The number of rotatable bonds is 12. The van der Waals surface area contributed by atoms with E-state index < -0.39 is 105 Å². The SMILES string of the molecule is O=C(OC[C@H]1O[C@@H](Oc2ccc(O)cc2COC(=O)[C@]2(O)C=CC/C(=C\c3cc(O)ccc3O[C@@H]3O[C@H](CO)[C@@H](O)[C@H](O)[C@H]3O)C2=O)[C@H](O)[C@@H](O)[C@@H]1O)c1ccccc1. The second-order valence-electron chi connectivity index (χ2n) is 13.9. The number of aliphatic hydroxyl groups excluding tert-OH is 7. The minimum Gasteiger partial charge on any atom is -0.508 e. The van der Waals surface area contributed by atoms with E-state index in [1.54, 1.807) is 18.2 Å². The van der Waals surface area contributed by atoms with Crippen LogP contribution in [-0.4, -0.2) is 149 Å². The predicted octanol–water partition coefficient (Wildman–Crippen LogP) is -1.29. The van der Waals surface area contributed by atoms with Crippen LogP contribution in [0.4, 0.5) is 0 Å². The van der Waals surface area contributed by atoms with Gasteiger partial charge in [0.25, 0.3) is 0 Å². The second kappa shape index (κ2) is 18.2. The highest BCUT2D eigenvalue weighted by Crippen LogP contribution is 2.34. The first-order valence-electron chi connectivity index (χ1n) is 18.1. The minimum absolute atomic E-state index is 0.000712. The van der Waals surface area contributed by atoms with Crippen molar-refractivity contribution in [2.24, 2.45) is 0 Å². The summed E-state index contributed by atoms with van der Waals surface area (Å²) in [5.41, 5.74) is -2.92. The van der Waals surface area contributed by atoms with E-state index in [-0.39, 0.29) is 51.7 Å². The summed E-state index contributed by atoms with van der Waals surface area (Å²) >= 11 is 0. The van der Waals surface area contributed by atoms with E-state index in [4.69, 9.17) is 28.4 Å². The molecule has 0 bridgehead atoms. The van der Waals surface area contributed by atoms with Crippen molar-refractivity contribution in [2.75, 3.05) is 13.2 Å². The summed E-state index contributed by atoms with van der Waals surface area (Å²) in [4.78, 5) is 39.5. The molecule has 19 nitrogen and oxygen atoms in total. The number of Topliss-reactive ketones (excluding diaryl/α,β-unsaturated/α-hetero) is 1. The lowest BCUT2D eigenvalue weighted by Gasteiger charge is -2.40. The largest absolute Gasteiger partial charge is 0.508 e. The van der Waals surface area contributed by atoms with Gasteiger partial charge in [-0.15, -0.1) is 0 Å². The number of allylic oxidation sites excluding steroid dienone is 1. The van der Waals surface area contributed by atoms with Gasteiger partial charge in [-0.05, 0) is 67.1 Å². The Kier molecular flexibility index (Phi) is 13.3. The van der Waals surface area contributed by atoms with Gasteiger partial charge in [-0.3, -0.25) is 4.79 Å². The van der Waals surface area contributed by atoms with Gasteiger partial charge in [-0.2, -0.15) is 0 Å². The Bertz CT molecular complexity index is 2050. The Balaban J connectivity index is 1.14. The van der Waals surface area contributed by atoms with E-state index in [1.807, 2.05) is 0 Å². The zero-order chi connectivity index (χ0) is 42.6. The van der Waals surface area contributed by atoms with Crippen LogP contribution in [0.25, 0.3) is 6.08 Å². The Morgan fingerprint density at radius 1 is 0.746 bits per heavy atom. The van der Waals surface area contributed by atoms with Gasteiger partial charge in [0, 0.05) is 16.7 Å². The van der Waals surface area contributed by atoms with Gasteiger partial charge < -0.3 is 79.5 Å². The molecule has 59 heavy (non-hydrogen) atoms. The molecule has 1 aliphatic carbocycles. The van der Waals surface area contributed by atoms with E-state index in [0.717, 1.165) is 18.2 Å². The van der Waals surface area contributed by atoms with Crippen LogP contribution in [-0.2, 0) is 35.1 Å². The number of hydrogen-bond acceptors (Lipinski definition) is 19. The maximum absolute atomic E-state index is 13.7. The summed E-state index contributed by atoms with van der Waals surface area (Å²) in [6, 6.07) is 15.0. The van der Waals surface area contributed by atoms with E-state index in [0.29, 0.717) is 0 Å². The van der Waals surface area contributed by atoms with Crippen LogP contribution in [0.3, 0.4) is 0 Å². The highest BCUT2D eigenvalue weighted by molar-refractivity contribution is 6.19. The third kappa shape index (κ3) is 9.40. The Hall–Kier alpha value is -5.45. The quantitative estimate of drug-likeness (QED) is 0.0439. The van der Waals surface area contributed by atoms with Gasteiger partial charge in [0.15, 0.2) is 0 Å². The van der Waals surface area contributed by atoms with Crippen LogP contribution in [0, 0.1) is 0 Å². The summed E-state index contributed by atoms with van der Waals surface area (Å²) in [5, 5.41) is 104. The number of benzene rings is 3. The van der Waals surface area contributed by atoms with Gasteiger partial charge in [0.1, 0.15) is 85.0 Å². The van der Waals surface area contributed by atoms with Crippen LogP contribution in [0.5, 0.6) is 23.0 Å². The molecular formula is C40H42O19. The van der Waals surface area contributed by atoms with Gasteiger partial charge in [-0.1, -0.05) is 24.3 Å². The molecule has 2 fully saturated rings. The summed E-state index contributed by atoms with van der Waals surface area (Å²) in [7, 11) is 0. The fourth-order valence-corrected chi connectivity index (χ4v) is 6.43. The van der Waals surface area contributed by atoms with Crippen LogP contribution < -0.4 is 9.47 Å². The average Bonchev–Trinajstić information content (AvgIpc) is 3.23. The van der Waals surface area contributed by atoms with Crippen molar-refractivity contribution in [3.05, 3.63) is 101 Å². The molecule has 2 aliphatic heterocycles. The zero-order valence-corrected chi connectivity index (χ0v) is 30.8. The zero-order valence-electron chi connectivity index (χ0n) is 30.8. The van der Waals surface area contributed by atoms with Crippen molar-refractivity contribution in [1.82, 2.24) is 0 Å². The van der Waals surface area contributed by atoms with Gasteiger partial charge >= 0.3 is 11.9 Å². The number of aromatic hydroxyl groups is 2. The molecule has 0 amide bonds. The van der Waals surface area contributed by atoms with Crippen molar-refractivity contribution in [2.45, 2.75) is 80.0 Å². The Labute approximate surface area is 334 Å². The molecule has 0 unspecified atom stereocenters. The Morgan fingerprint density at radius 2 is 1.34 bits per heavy atom. The number of carbonyl (C=O) groups is 3. The fourth-order valence-electron chi connectivity index (χ4n) is 6.43. The van der Waals surface area contributed by atoms with E-state index in [9.17, 15) is 65.4 Å². The van der Waals surface area contributed by atoms with Gasteiger partial charge in [0.2, 0.25) is 24.0 Å². The van der Waals surface area contributed by atoms with Crippen LogP contribution in [0.1, 0.15) is 27.9 Å². The van der Waals surface area contributed by atoms with Crippen LogP contribution >= 0.6 is 0 Å². The lowest BCUT2D eigenvalue weighted by Crippen LogP contribution is -2.60. The minimum atomic E-state index is -2.88. The summed E-state index contributed by atoms with van der Waals surface area (Å²) < 4.78 is 33.0. The summed E-state index contributed by atoms with van der Waals surface area (Å²) in [6.45, 7) is -2.01. The molecule has 2 saturated heterocycles. The highest BCUT2D eigenvalue weighted by atomic mass is 16.7. The first-order valence-corrected chi connectivity index (χ1v) is 18.1. The topological polar surface area (TPSA) is 309 Å². The van der Waals surface area contributed by atoms with Crippen LogP contribution in [0.2, 0.25) is 0 Å². The van der Waals surface area contributed by atoms with Crippen molar-refractivity contribution in [3.63, 3.8) is 0 Å². The van der Waals surface area contributed by atoms with Crippen molar-refractivity contribution in [1.29, 1.82) is 0 Å². The molecule has 3 aliphatic rings. The molecule has 316 valence electrons. The number of aliphatic hydroxyl groups is 8.